The molecule has 0 atom stereocenters. The van der Waals surface area contributed by atoms with Gasteiger partial charge in [0.05, 0.1) is 5.97 Å². The summed E-state index contributed by atoms with van der Waals surface area (Å²) in [5, 5.41) is 15.9. The second kappa shape index (κ2) is 3.75. The van der Waals surface area contributed by atoms with Crippen LogP contribution in [-0.2, 0) is 0 Å². The summed E-state index contributed by atoms with van der Waals surface area (Å²) >= 11 is 0. The van der Waals surface area contributed by atoms with Gasteiger partial charge < -0.3 is 9.90 Å². The van der Waals surface area contributed by atoms with Crippen molar-refractivity contribution in [2.24, 2.45) is 0 Å². The maximum Gasteiger partial charge on any atom is 1.00 e. The number of carboxylic acids is 1. The third-order valence-corrected chi connectivity index (χ3v) is 0.915. The van der Waals surface area contributed by atoms with Crippen molar-refractivity contribution in [3.63, 3.8) is 0 Å². The largest absolute Gasteiger partial charge is 1.00 e. The van der Waals surface area contributed by atoms with Gasteiger partial charge in [-0.3, -0.25) is 5.10 Å². The topological polar surface area (TPSA) is 68.8 Å². The molecule has 5 heteroatoms. The molecule has 0 aliphatic rings. The van der Waals surface area contributed by atoms with E-state index < -0.39 is 5.97 Å². The number of nitrogens with zero attached hydrogens (tertiary/aromatic N) is 1. The van der Waals surface area contributed by atoms with Crippen molar-refractivity contribution < 1.29 is 39.5 Å². The fraction of sp³-hybridized carbons (Fsp3) is 0.200. The number of aromatic nitrogens is 2. The Morgan fingerprint density at radius 1 is 1.80 bits per heavy atom. The first kappa shape index (κ1) is 9.68. The molecule has 10 heavy (non-hydrogen) atoms. The van der Waals surface area contributed by atoms with Crippen LogP contribution >= 0.6 is 0 Å². The number of aromatic carboxylic acids is 1. The first-order valence-corrected chi connectivity index (χ1v) is 2.43. The van der Waals surface area contributed by atoms with Crippen LogP contribution in [0.25, 0.3) is 0 Å². The van der Waals surface area contributed by atoms with E-state index >= 15 is 0 Å². The average molecular weight is 148 g/mol. The Labute approximate surface area is 79.9 Å². The fourth-order valence-electron chi connectivity index (χ4n) is 0.523. The van der Waals surface area contributed by atoms with Gasteiger partial charge in [-0.05, 0) is 13.0 Å². The smallest absolute Gasteiger partial charge is 0.543 e. The quantitative estimate of drug-likeness (QED) is 0.414. The van der Waals surface area contributed by atoms with Gasteiger partial charge in [-0.2, -0.15) is 5.10 Å². The van der Waals surface area contributed by atoms with Crippen LogP contribution in [0.1, 0.15) is 16.2 Å². The number of aromatic amines is 1. The van der Waals surface area contributed by atoms with Crippen molar-refractivity contribution in [2.75, 3.05) is 0 Å². The van der Waals surface area contributed by atoms with Gasteiger partial charge in [-0.25, -0.2) is 0 Å². The molecule has 0 amide bonds. The SMILES string of the molecule is Cc1cc(C(=O)[O-])n[nH]1.[Na+]. The molecule has 0 unspecified atom stereocenters. The molecular weight excluding hydrogens is 143 g/mol. The molecule has 0 radical (unpaired) electrons. The summed E-state index contributed by atoms with van der Waals surface area (Å²) in [4.78, 5) is 10.0. The molecule has 4 nitrogen and oxygen atoms in total. The molecular formula is C5H5N2NaO2. The van der Waals surface area contributed by atoms with E-state index in [4.69, 9.17) is 0 Å². The molecule has 1 heterocycles. The second-order valence-electron chi connectivity index (χ2n) is 1.72. The van der Waals surface area contributed by atoms with Gasteiger partial charge in [0.15, 0.2) is 0 Å². The number of carbonyl (C=O) groups is 1. The van der Waals surface area contributed by atoms with Crippen LogP contribution in [0, 0.1) is 6.92 Å². The number of nitrogens with one attached hydrogen (secondary N) is 1. The van der Waals surface area contributed by atoms with Crippen LogP contribution < -0.4 is 34.7 Å². The van der Waals surface area contributed by atoms with Crippen LogP contribution in [0.15, 0.2) is 6.07 Å². The van der Waals surface area contributed by atoms with E-state index in [1.54, 1.807) is 6.92 Å². The van der Waals surface area contributed by atoms with Crippen molar-refractivity contribution in [1.82, 2.24) is 10.2 Å². The zero-order valence-electron chi connectivity index (χ0n) is 5.84. The minimum atomic E-state index is -1.25. The summed E-state index contributed by atoms with van der Waals surface area (Å²) in [5.41, 5.74) is 0.668. The molecule has 48 valence electrons. The monoisotopic (exact) mass is 148 g/mol. The molecule has 0 bridgehead atoms. The molecule has 1 N–H and O–H groups in total. The molecule has 0 aromatic carbocycles. The Morgan fingerprint density at radius 2 is 2.40 bits per heavy atom. The van der Waals surface area contributed by atoms with Crippen molar-refractivity contribution in [3.8, 4) is 0 Å². The molecule has 1 rings (SSSR count). The molecule has 0 saturated heterocycles. The zero-order chi connectivity index (χ0) is 6.85. The molecule has 0 fully saturated rings. The van der Waals surface area contributed by atoms with Crippen LogP contribution in [0.5, 0.6) is 0 Å². The minimum absolute atomic E-state index is 0. The van der Waals surface area contributed by atoms with Crippen LogP contribution in [0.4, 0.5) is 0 Å². The van der Waals surface area contributed by atoms with Gasteiger partial charge in [-0.15, -0.1) is 0 Å². The summed E-state index contributed by atoms with van der Waals surface area (Å²) in [6, 6.07) is 1.41. The van der Waals surface area contributed by atoms with Crippen molar-refractivity contribution in [2.45, 2.75) is 6.92 Å². The van der Waals surface area contributed by atoms with E-state index in [2.05, 4.69) is 10.2 Å². The van der Waals surface area contributed by atoms with Crippen molar-refractivity contribution >= 4 is 5.97 Å². The number of carbonyl (C=O) groups excluding carboxylic acids is 1. The van der Waals surface area contributed by atoms with Gasteiger partial charge in [0.1, 0.15) is 5.69 Å². The summed E-state index contributed by atoms with van der Waals surface area (Å²) < 4.78 is 0. The number of hydrogen-bond donors (Lipinski definition) is 1. The molecule has 1 aromatic rings. The van der Waals surface area contributed by atoms with Gasteiger partial charge in [-0.1, -0.05) is 0 Å². The predicted octanol–water partition coefficient (Wildman–Crippen LogP) is -3.91. The first-order chi connectivity index (χ1) is 4.20. The number of aryl methyl sites for hydroxylation is 1. The number of rotatable bonds is 1. The van der Waals surface area contributed by atoms with Crippen LogP contribution in [0.2, 0.25) is 0 Å². The van der Waals surface area contributed by atoms with Crippen LogP contribution in [0.3, 0.4) is 0 Å². The summed E-state index contributed by atoms with van der Waals surface area (Å²) in [6.45, 7) is 1.72. The Balaban J connectivity index is 0.000000810. The van der Waals surface area contributed by atoms with Gasteiger partial charge in [0.25, 0.3) is 0 Å². The summed E-state index contributed by atoms with van der Waals surface area (Å²) in [6.07, 6.45) is 0. The van der Waals surface area contributed by atoms with Crippen molar-refractivity contribution in [3.05, 3.63) is 17.5 Å². The van der Waals surface area contributed by atoms with Crippen LogP contribution in [-0.4, -0.2) is 16.2 Å². The average Bonchev–Trinajstić information content (AvgIpc) is 2.14. The van der Waals surface area contributed by atoms with E-state index in [0.717, 1.165) is 0 Å². The fourth-order valence-corrected chi connectivity index (χ4v) is 0.523. The molecule has 0 aliphatic carbocycles. The third kappa shape index (κ3) is 2.13. The second-order valence-corrected chi connectivity index (χ2v) is 1.72. The summed E-state index contributed by atoms with van der Waals surface area (Å²) in [7, 11) is 0. The Bertz CT molecular complexity index is 233. The molecule has 0 saturated carbocycles. The molecule has 0 aliphatic heterocycles. The van der Waals surface area contributed by atoms with Gasteiger partial charge in [0, 0.05) is 5.69 Å². The van der Waals surface area contributed by atoms with Gasteiger partial charge >= 0.3 is 29.6 Å². The van der Waals surface area contributed by atoms with E-state index in [0.29, 0.717) is 5.69 Å². The van der Waals surface area contributed by atoms with E-state index in [1.165, 1.54) is 6.07 Å². The van der Waals surface area contributed by atoms with Gasteiger partial charge in [0.2, 0.25) is 0 Å². The molecule has 1 aromatic heterocycles. The Hall–Kier alpha value is -0.320. The Kier molecular flexibility index (Phi) is 3.63. The standard InChI is InChI=1S/C5H6N2O2.Na/c1-3-2-4(5(8)9)7-6-3;/h2H,1H3,(H,6,7)(H,8,9);/q;+1/p-1. The molecule has 0 spiro atoms. The number of H-pyrrole nitrogens is 1. The maximum atomic E-state index is 10.0. The van der Waals surface area contributed by atoms with E-state index in [9.17, 15) is 9.90 Å². The van der Waals surface area contributed by atoms with Crippen molar-refractivity contribution in [1.29, 1.82) is 0 Å². The number of carboxylic acid groups (broad SMARTS) is 1. The normalized spacial score (nSPS) is 8.50. The van der Waals surface area contributed by atoms with E-state index in [-0.39, 0.29) is 35.3 Å². The first-order valence-electron chi connectivity index (χ1n) is 2.43. The third-order valence-electron chi connectivity index (χ3n) is 0.915. The minimum Gasteiger partial charge on any atom is -0.543 e. The maximum absolute atomic E-state index is 10.0. The Morgan fingerprint density at radius 3 is 2.60 bits per heavy atom. The zero-order valence-corrected chi connectivity index (χ0v) is 7.84. The number of hydrogen-bond acceptors (Lipinski definition) is 3. The summed E-state index contributed by atoms with van der Waals surface area (Å²) in [5.74, 6) is -1.25. The van der Waals surface area contributed by atoms with E-state index in [1.807, 2.05) is 0 Å². The predicted molar refractivity (Wildman–Crippen MR) is 27.7 cm³/mol.